The molecule has 0 spiro atoms. The van der Waals surface area contributed by atoms with Gasteiger partial charge in [0.05, 0.1) is 12.7 Å². The van der Waals surface area contributed by atoms with Crippen molar-refractivity contribution in [1.29, 1.82) is 0 Å². The molecule has 1 aromatic carbocycles. The van der Waals surface area contributed by atoms with Crippen molar-refractivity contribution < 1.29 is 9.84 Å². The normalized spacial score (nSPS) is 21.7. The van der Waals surface area contributed by atoms with Gasteiger partial charge in [-0.25, -0.2) is 0 Å². The van der Waals surface area contributed by atoms with Crippen molar-refractivity contribution in [2.24, 2.45) is 5.92 Å². The second-order valence-corrected chi connectivity index (χ2v) is 6.18. The van der Waals surface area contributed by atoms with Crippen molar-refractivity contribution in [1.82, 2.24) is 4.90 Å². The van der Waals surface area contributed by atoms with E-state index in [4.69, 9.17) is 4.74 Å². The molecule has 1 fully saturated rings. The Morgan fingerprint density at radius 2 is 2.16 bits per heavy atom. The summed E-state index contributed by atoms with van der Waals surface area (Å²) in [5.74, 6) is 0.662. The van der Waals surface area contributed by atoms with E-state index in [0.717, 1.165) is 42.7 Å². The highest BCUT2D eigenvalue weighted by Crippen LogP contribution is 2.22. The summed E-state index contributed by atoms with van der Waals surface area (Å²) in [6.45, 7) is 4.03. The van der Waals surface area contributed by atoms with E-state index >= 15 is 0 Å². The van der Waals surface area contributed by atoms with Gasteiger partial charge < -0.3 is 14.7 Å². The average Bonchev–Trinajstić information content (AvgIpc) is 2.85. The van der Waals surface area contributed by atoms with Crippen molar-refractivity contribution in [3.8, 4) is 0 Å². The molecule has 2 rings (SSSR count). The lowest BCUT2D eigenvalue weighted by molar-refractivity contribution is 0.137. The first kappa shape index (κ1) is 15.0. The molecule has 3 nitrogen and oxygen atoms in total. The fourth-order valence-corrected chi connectivity index (χ4v) is 2.91. The highest BCUT2D eigenvalue weighted by Gasteiger charge is 2.22. The molecule has 0 bridgehead atoms. The van der Waals surface area contributed by atoms with E-state index in [0.29, 0.717) is 5.92 Å². The van der Waals surface area contributed by atoms with Crippen LogP contribution < -0.4 is 0 Å². The van der Waals surface area contributed by atoms with Crippen LogP contribution in [0.25, 0.3) is 0 Å². The molecule has 1 heterocycles. The zero-order chi connectivity index (χ0) is 13.7. The van der Waals surface area contributed by atoms with E-state index in [9.17, 15) is 5.11 Å². The third-order valence-electron chi connectivity index (χ3n) is 3.75. The summed E-state index contributed by atoms with van der Waals surface area (Å²) >= 11 is 3.41. The number of halogens is 1. The Balaban J connectivity index is 1.75. The topological polar surface area (TPSA) is 32.7 Å². The maximum absolute atomic E-state index is 10.2. The summed E-state index contributed by atoms with van der Waals surface area (Å²) in [6, 6.07) is 7.91. The van der Waals surface area contributed by atoms with Crippen molar-refractivity contribution in [3.63, 3.8) is 0 Å². The monoisotopic (exact) mass is 327 g/mol. The summed E-state index contributed by atoms with van der Waals surface area (Å²) in [5, 5.41) is 10.2. The summed E-state index contributed by atoms with van der Waals surface area (Å²) in [7, 11) is 1.76. The minimum Gasteiger partial charge on any atom is -0.388 e. The van der Waals surface area contributed by atoms with Crippen LogP contribution in [0.2, 0.25) is 0 Å². The van der Waals surface area contributed by atoms with Crippen LogP contribution in [0, 0.1) is 5.92 Å². The average molecular weight is 328 g/mol. The molecule has 19 heavy (non-hydrogen) atoms. The molecule has 4 heteroatoms. The Morgan fingerprint density at radius 3 is 2.84 bits per heavy atom. The predicted octanol–water partition coefficient (Wildman–Crippen LogP) is 2.84. The molecule has 1 N–H and O–H groups in total. The van der Waals surface area contributed by atoms with Crippen LogP contribution in [0.1, 0.15) is 24.5 Å². The quantitative estimate of drug-likeness (QED) is 0.872. The molecule has 106 valence electrons. The number of rotatable bonds is 6. The van der Waals surface area contributed by atoms with Crippen molar-refractivity contribution in [2.75, 3.05) is 33.4 Å². The molecule has 0 radical (unpaired) electrons. The number of aliphatic hydroxyl groups is 1. The van der Waals surface area contributed by atoms with Gasteiger partial charge in [0.1, 0.15) is 0 Å². The summed E-state index contributed by atoms with van der Waals surface area (Å²) in [5.41, 5.74) is 0.996. The minimum absolute atomic E-state index is 0.366. The number of aliphatic hydroxyl groups excluding tert-OH is 1. The Bertz CT molecular complexity index is 382. The van der Waals surface area contributed by atoms with Gasteiger partial charge in [-0.05, 0) is 43.0 Å². The van der Waals surface area contributed by atoms with E-state index in [1.54, 1.807) is 7.11 Å². The molecule has 1 aliphatic rings. The van der Waals surface area contributed by atoms with Gasteiger partial charge in [0.2, 0.25) is 0 Å². The lowest BCUT2D eigenvalue weighted by Gasteiger charge is -2.18. The van der Waals surface area contributed by atoms with E-state index in [1.807, 2.05) is 24.3 Å². The molecule has 1 saturated heterocycles. The number of benzene rings is 1. The molecule has 1 aliphatic heterocycles. The standard InChI is InChI=1S/C15H22BrNO2/c1-19-11-12-6-8-17(10-12)9-7-15(18)13-2-4-14(16)5-3-13/h2-5,12,15,18H,6-11H2,1H3. The third-order valence-corrected chi connectivity index (χ3v) is 4.27. The Kier molecular flexibility index (Phi) is 5.82. The summed E-state index contributed by atoms with van der Waals surface area (Å²) < 4.78 is 6.25. The largest absolute Gasteiger partial charge is 0.388 e. The van der Waals surface area contributed by atoms with Crippen LogP contribution in [0.3, 0.4) is 0 Å². The summed E-state index contributed by atoms with van der Waals surface area (Å²) in [6.07, 6.45) is 1.64. The predicted molar refractivity (Wildman–Crippen MR) is 80.1 cm³/mol. The fraction of sp³-hybridized carbons (Fsp3) is 0.600. The SMILES string of the molecule is COCC1CCN(CCC(O)c2ccc(Br)cc2)C1. The second kappa shape index (κ2) is 7.39. The maximum atomic E-state index is 10.2. The molecule has 2 atom stereocenters. The molecule has 0 aliphatic carbocycles. The highest BCUT2D eigenvalue weighted by atomic mass is 79.9. The van der Waals surface area contributed by atoms with E-state index in [-0.39, 0.29) is 6.10 Å². The number of methoxy groups -OCH3 is 1. The molecular weight excluding hydrogens is 306 g/mol. The van der Waals surface area contributed by atoms with Crippen molar-refractivity contribution in [2.45, 2.75) is 18.9 Å². The molecular formula is C15H22BrNO2. The number of hydrogen-bond donors (Lipinski definition) is 1. The first-order valence-electron chi connectivity index (χ1n) is 6.84. The van der Waals surface area contributed by atoms with Crippen molar-refractivity contribution >= 4 is 15.9 Å². The Morgan fingerprint density at radius 1 is 1.42 bits per heavy atom. The molecule has 0 aromatic heterocycles. The Hall–Kier alpha value is -0.420. The molecule has 1 aromatic rings. The maximum Gasteiger partial charge on any atom is 0.0802 e. The highest BCUT2D eigenvalue weighted by molar-refractivity contribution is 9.10. The number of likely N-dealkylation sites (tertiary alicyclic amines) is 1. The zero-order valence-corrected chi connectivity index (χ0v) is 13.0. The molecule has 2 unspecified atom stereocenters. The van der Waals surface area contributed by atoms with Crippen LogP contribution in [0.5, 0.6) is 0 Å². The third kappa shape index (κ3) is 4.56. The fourth-order valence-electron chi connectivity index (χ4n) is 2.64. The first-order valence-corrected chi connectivity index (χ1v) is 7.63. The second-order valence-electron chi connectivity index (χ2n) is 5.27. The van der Waals surface area contributed by atoms with Gasteiger partial charge in [-0.15, -0.1) is 0 Å². The van der Waals surface area contributed by atoms with Crippen LogP contribution in [0.4, 0.5) is 0 Å². The molecule has 0 amide bonds. The van der Waals surface area contributed by atoms with Gasteiger partial charge in [0.15, 0.2) is 0 Å². The van der Waals surface area contributed by atoms with Gasteiger partial charge in [-0.1, -0.05) is 28.1 Å². The smallest absolute Gasteiger partial charge is 0.0802 e. The van der Waals surface area contributed by atoms with Crippen LogP contribution in [-0.4, -0.2) is 43.4 Å². The van der Waals surface area contributed by atoms with Gasteiger partial charge in [-0.3, -0.25) is 0 Å². The minimum atomic E-state index is -0.366. The Labute approximate surface area is 123 Å². The lowest BCUT2D eigenvalue weighted by Crippen LogP contribution is -2.24. The van der Waals surface area contributed by atoms with E-state index < -0.39 is 0 Å². The molecule has 0 saturated carbocycles. The number of nitrogens with zero attached hydrogens (tertiary/aromatic N) is 1. The van der Waals surface area contributed by atoms with E-state index in [2.05, 4.69) is 20.8 Å². The first-order chi connectivity index (χ1) is 9.19. The van der Waals surface area contributed by atoms with Crippen LogP contribution in [0.15, 0.2) is 28.7 Å². The van der Waals surface area contributed by atoms with Crippen LogP contribution >= 0.6 is 15.9 Å². The van der Waals surface area contributed by atoms with E-state index in [1.165, 1.54) is 6.42 Å². The number of hydrogen-bond acceptors (Lipinski definition) is 3. The van der Waals surface area contributed by atoms with Gasteiger partial charge in [-0.2, -0.15) is 0 Å². The number of ether oxygens (including phenoxy) is 1. The van der Waals surface area contributed by atoms with Gasteiger partial charge in [0, 0.05) is 24.7 Å². The van der Waals surface area contributed by atoms with Crippen LogP contribution in [-0.2, 0) is 4.74 Å². The summed E-state index contributed by atoms with van der Waals surface area (Å²) in [4.78, 5) is 2.42. The zero-order valence-electron chi connectivity index (χ0n) is 11.4. The van der Waals surface area contributed by atoms with Gasteiger partial charge in [0.25, 0.3) is 0 Å². The van der Waals surface area contributed by atoms with Gasteiger partial charge >= 0.3 is 0 Å². The lowest BCUT2D eigenvalue weighted by atomic mass is 10.1. The van der Waals surface area contributed by atoms with Crippen molar-refractivity contribution in [3.05, 3.63) is 34.3 Å².